The van der Waals surface area contributed by atoms with Crippen molar-refractivity contribution >= 4 is 103 Å². The fraction of sp³-hybridized carbons (Fsp3) is 0.202. The number of nitrogens with zero attached hydrogens (tertiary/aromatic N) is 12. The van der Waals surface area contributed by atoms with Gasteiger partial charge in [0.05, 0.1) is 74.0 Å². The summed E-state index contributed by atoms with van der Waals surface area (Å²) < 4.78 is 29.4. The molecular formula is C89H84BrCl3IN13O10. The third-order valence-electron chi connectivity index (χ3n) is 16.3. The Morgan fingerprint density at radius 3 is 1.15 bits per heavy atom. The number of carboxylic acids is 1. The van der Waals surface area contributed by atoms with Gasteiger partial charge in [0.25, 0.3) is 0 Å². The maximum Gasteiger partial charge on any atom is 0.355 e. The van der Waals surface area contributed by atoms with Gasteiger partial charge >= 0.3 is 29.8 Å². The number of aromatic nitrogens is 13. The first-order valence-corrected chi connectivity index (χ1v) is 39.2. The van der Waals surface area contributed by atoms with Gasteiger partial charge in [-0.25, -0.2) is 38.9 Å². The fourth-order valence-corrected chi connectivity index (χ4v) is 11.8. The Hall–Kier alpha value is -12.3. The molecule has 600 valence electrons. The van der Waals surface area contributed by atoms with E-state index in [1.165, 1.54) is 0 Å². The highest BCUT2D eigenvalue weighted by molar-refractivity contribution is 14.1. The lowest BCUT2D eigenvalue weighted by Gasteiger charge is -2.10. The number of terminal acetylenes is 1. The molecule has 0 amide bonds. The molecule has 0 bridgehead atoms. The molecule has 0 aliphatic carbocycles. The van der Waals surface area contributed by atoms with Crippen molar-refractivity contribution in [3.05, 3.63) is 326 Å². The van der Waals surface area contributed by atoms with Gasteiger partial charge in [-0.3, -0.25) is 24.9 Å². The molecular weight excluding hydrogens is 1720 g/mol. The lowest BCUT2D eigenvalue weighted by Crippen LogP contribution is -2.12. The number of carbonyl (C=O) groups is 5. The van der Waals surface area contributed by atoms with Crippen LogP contribution in [0.15, 0.2) is 194 Å². The van der Waals surface area contributed by atoms with Crippen molar-refractivity contribution in [2.45, 2.75) is 96.9 Å². The Kier molecular flexibility index (Phi) is 35.9. The molecule has 117 heavy (non-hydrogen) atoms. The average molecular weight is 1810 g/mol. The summed E-state index contributed by atoms with van der Waals surface area (Å²) in [6.07, 6.45) is 18.5. The number of pyridine rings is 8. The van der Waals surface area contributed by atoms with Crippen LogP contribution < -0.4 is 0 Å². The second-order valence-corrected chi connectivity index (χ2v) is 28.2. The maximum absolute atomic E-state index is 12.5. The van der Waals surface area contributed by atoms with Crippen molar-refractivity contribution < 1.29 is 48.0 Å². The number of nitrogens with one attached hydrogen (secondary N) is 1. The number of aromatic carboxylic acids is 1. The first-order valence-electron chi connectivity index (χ1n) is 36.2. The van der Waals surface area contributed by atoms with E-state index in [0.29, 0.717) is 81.5 Å². The van der Waals surface area contributed by atoms with E-state index < -0.39 is 11.9 Å². The Bertz CT molecular complexity index is 5730. The molecule has 13 heterocycles. The molecule has 28 heteroatoms. The van der Waals surface area contributed by atoms with Crippen LogP contribution in [0.25, 0.3) is 22.7 Å². The molecule has 0 unspecified atom stereocenters. The monoisotopic (exact) mass is 1810 g/mol. The van der Waals surface area contributed by atoms with Gasteiger partial charge in [-0.05, 0) is 275 Å². The highest BCUT2D eigenvalue weighted by Gasteiger charge is 2.23. The van der Waals surface area contributed by atoms with Gasteiger partial charge < -0.3 is 47.3 Å². The highest BCUT2D eigenvalue weighted by Crippen LogP contribution is 2.27. The Morgan fingerprint density at radius 2 is 0.786 bits per heavy atom. The van der Waals surface area contributed by atoms with Crippen LogP contribution in [0.1, 0.15) is 165 Å². The zero-order chi connectivity index (χ0) is 85.4. The van der Waals surface area contributed by atoms with Crippen molar-refractivity contribution in [2.75, 3.05) is 26.4 Å². The first-order chi connectivity index (χ1) is 56.0. The van der Waals surface area contributed by atoms with Gasteiger partial charge in [0.2, 0.25) is 0 Å². The second kappa shape index (κ2) is 45.7. The van der Waals surface area contributed by atoms with Crippen LogP contribution in [0.4, 0.5) is 0 Å². The quantitative estimate of drug-likeness (QED) is 0.0357. The molecule has 23 nitrogen and oxygen atoms in total. The number of esters is 4. The number of hydrogen-bond donors (Lipinski definition) is 2. The zero-order valence-electron chi connectivity index (χ0n) is 66.7. The summed E-state index contributed by atoms with van der Waals surface area (Å²) >= 11 is 22.8. The van der Waals surface area contributed by atoms with Gasteiger partial charge in [0.1, 0.15) is 43.9 Å². The van der Waals surface area contributed by atoms with Crippen molar-refractivity contribution in [2.24, 2.45) is 0 Å². The third kappa shape index (κ3) is 27.4. The smallest absolute Gasteiger partial charge is 0.355 e. The van der Waals surface area contributed by atoms with E-state index >= 15 is 0 Å². The number of carbonyl (C=O) groups excluding carboxylic acids is 4. The molecule has 2 N–H and O–H groups in total. The van der Waals surface area contributed by atoms with Gasteiger partial charge in [-0.15, -0.1) is 6.42 Å². The van der Waals surface area contributed by atoms with Crippen LogP contribution >= 0.6 is 73.3 Å². The van der Waals surface area contributed by atoms with E-state index in [2.05, 4.69) is 113 Å². The zero-order valence-corrected chi connectivity index (χ0v) is 72.7. The van der Waals surface area contributed by atoms with Crippen LogP contribution in [-0.2, 0) is 18.9 Å². The molecule has 0 aromatic carbocycles. The topological polar surface area (TPSA) is 281 Å². The van der Waals surface area contributed by atoms with Gasteiger partial charge in [-0.2, -0.15) is 0 Å². The maximum atomic E-state index is 12.5. The lowest BCUT2D eigenvalue weighted by molar-refractivity contribution is 0.0507. The van der Waals surface area contributed by atoms with Crippen LogP contribution in [-0.4, -0.2) is 125 Å². The van der Waals surface area contributed by atoms with Crippen LogP contribution in [0.3, 0.4) is 0 Å². The van der Waals surface area contributed by atoms with Gasteiger partial charge in [-0.1, -0.05) is 64.4 Å². The van der Waals surface area contributed by atoms with Gasteiger partial charge in [0, 0.05) is 118 Å². The summed E-state index contributed by atoms with van der Waals surface area (Å²) in [4.78, 5) is 94.6. The number of hydrogen-bond acceptors (Lipinski definition) is 17. The minimum atomic E-state index is -1.02. The number of rotatable bonds is 13. The predicted molar refractivity (Wildman–Crippen MR) is 465 cm³/mol. The standard InChI is InChI=1S/C21H18ClN3O2.C19H14ClN3O2.C14H15IN2O2.C14H16N2O2.C8H11NO2.C7H4ClN.C6H6BrN/c1-4-27-21(26)19-12-17(7-6-16-9-10-23-20(22)11-16)15(3)25(19)18-8-5-14(2)24-13-18;1-12-3-6-16(11-22-12)23-13(2)15(10-17(23)19(24)25)5-4-14-7-8-21-18(20)9-14;1-4-19-14(18)13-7-12(15)10(3)17(13)11-6-5-9(2)16-8-11;1-4-18-14(17)13-8-6-11(3)16(13)12-7-5-10(2)15-9-12;1-3-11-8(10)7-5-4-6(2)9-7;1-2-6-3-4-9-7(8)5-6;1-5-2-3-6(7)4-8-5/h5,8-13H,4H2,1-3H3;3,6-11H,1-2H3,(H,24,25);5-8H,4H2,1-3H3;5-9H,4H2,1-3H3;4-5,9H,3H2,1-2H3;1,3-5H;2-4H,1H3. The molecule has 0 saturated carbocycles. The average Bonchev–Trinajstić information content (AvgIpc) is 1.65. The normalized spacial score (nSPS) is 10.0. The minimum Gasteiger partial charge on any atom is -0.477 e. The number of carboxylic acid groups (broad SMARTS) is 1. The van der Waals surface area contributed by atoms with Gasteiger partial charge in [0.15, 0.2) is 0 Å². The summed E-state index contributed by atoms with van der Waals surface area (Å²) in [6.45, 7) is 27.8. The van der Waals surface area contributed by atoms with Crippen LogP contribution in [0.2, 0.25) is 15.5 Å². The third-order valence-corrected chi connectivity index (χ3v) is 18.5. The van der Waals surface area contributed by atoms with E-state index in [4.69, 9.17) is 60.2 Å². The first kappa shape index (κ1) is 91.9. The Morgan fingerprint density at radius 1 is 0.419 bits per heavy atom. The molecule has 0 aliphatic rings. The SMILES string of the molecule is C#Cc1ccnc(Cl)c1.CCOC(=O)c1cc(C#Cc2ccnc(Cl)c2)c(C)n1-c1ccc(C)nc1.CCOC(=O)c1cc(I)c(C)n1-c1ccc(C)nc1.CCOC(=O)c1ccc(C)[nH]1.CCOC(=O)c1ccc(C)n1-c1ccc(C)nc1.Cc1ccc(-n2c(C(=O)O)cc(C#Cc3ccnc(Cl)c3)c2C)cn1.Cc1ccc(Br)cn1. The molecule has 0 atom stereocenters. The molecule has 13 rings (SSSR count). The van der Waals surface area contributed by atoms with E-state index in [1.807, 2.05) is 162 Å². The number of halogens is 5. The summed E-state index contributed by atoms with van der Waals surface area (Å²) in [5.74, 6) is 12.3. The fourth-order valence-electron chi connectivity index (χ4n) is 10.5. The Balaban J connectivity index is 0.000000196. The number of aryl methyl sites for hydroxylation is 7. The highest BCUT2D eigenvalue weighted by atomic mass is 127. The number of ether oxygens (including phenoxy) is 4. The van der Waals surface area contributed by atoms with E-state index in [-0.39, 0.29) is 23.6 Å². The van der Waals surface area contributed by atoms with Crippen LogP contribution in [0.5, 0.6) is 0 Å². The summed E-state index contributed by atoms with van der Waals surface area (Å²) in [6, 6.07) is 41.8. The summed E-state index contributed by atoms with van der Waals surface area (Å²) in [5, 5.41) is 10.7. The molecule has 0 radical (unpaired) electrons. The van der Waals surface area contributed by atoms with Crippen molar-refractivity contribution in [1.82, 2.24) is 63.1 Å². The van der Waals surface area contributed by atoms with E-state index in [9.17, 15) is 29.1 Å². The molecule has 13 aromatic heterocycles. The molecule has 0 saturated heterocycles. The number of aromatic amines is 1. The lowest BCUT2D eigenvalue weighted by atomic mass is 10.2. The molecule has 0 fully saturated rings. The molecule has 13 aromatic rings. The van der Waals surface area contributed by atoms with E-state index in [0.717, 1.165) is 98.7 Å². The minimum absolute atomic E-state index is 0.139. The van der Waals surface area contributed by atoms with Crippen molar-refractivity contribution in [3.63, 3.8) is 0 Å². The molecule has 0 aliphatic heterocycles. The molecule has 0 spiro atoms. The largest absolute Gasteiger partial charge is 0.477 e. The predicted octanol–water partition coefficient (Wildman–Crippen LogP) is 19.1. The second-order valence-electron chi connectivity index (χ2n) is 25.0. The summed E-state index contributed by atoms with van der Waals surface area (Å²) in [5.41, 5.74) is 18.1. The van der Waals surface area contributed by atoms with Crippen molar-refractivity contribution in [1.29, 1.82) is 0 Å². The number of H-pyrrole nitrogens is 1. The summed E-state index contributed by atoms with van der Waals surface area (Å²) in [7, 11) is 0. The van der Waals surface area contributed by atoms with Crippen molar-refractivity contribution in [3.8, 4) is 58.8 Å². The van der Waals surface area contributed by atoms with Crippen LogP contribution in [0, 0.1) is 109 Å². The van der Waals surface area contributed by atoms with E-state index in [1.54, 1.807) is 143 Å². The Labute approximate surface area is 716 Å².